The molecule has 102 valence electrons. The van der Waals surface area contributed by atoms with Gasteiger partial charge in [0.25, 0.3) is 0 Å². The van der Waals surface area contributed by atoms with Crippen molar-refractivity contribution in [3.63, 3.8) is 0 Å². The molecule has 0 saturated heterocycles. The quantitative estimate of drug-likeness (QED) is 0.850. The van der Waals surface area contributed by atoms with Gasteiger partial charge in [0.1, 0.15) is 0 Å². The summed E-state index contributed by atoms with van der Waals surface area (Å²) in [6.07, 6.45) is -4.47. The Morgan fingerprint density at radius 3 is 2.39 bits per heavy atom. The zero-order valence-electron chi connectivity index (χ0n) is 10.5. The second kappa shape index (κ2) is 6.09. The number of halogens is 3. The van der Waals surface area contributed by atoms with Gasteiger partial charge in [-0.05, 0) is 24.5 Å². The molecule has 0 aliphatic carbocycles. The number of anilines is 1. The molecule has 0 heterocycles. The lowest BCUT2D eigenvalue weighted by Crippen LogP contribution is -2.22. The molecule has 0 aliphatic rings. The Morgan fingerprint density at radius 1 is 1.22 bits per heavy atom. The molecule has 18 heavy (non-hydrogen) atoms. The molecule has 0 radical (unpaired) electrons. The average molecular weight is 261 g/mol. The lowest BCUT2D eigenvalue weighted by Gasteiger charge is -2.17. The van der Waals surface area contributed by atoms with Gasteiger partial charge in [0.15, 0.2) is 0 Å². The molecular weight excluding hydrogens is 243 g/mol. The molecule has 0 fully saturated rings. The zero-order chi connectivity index (χ0) is 13.8. The highest BCUT2D eigenvalue weighted by atomic mass is 19.4. The third-order valence-electron chi connectivity index (χ3n) is 2.50. The van der Waals surface area contributed by atoms with Crippen LogP contribution >= 0.6 is 0 Å². The van der Waals surface area contributed by atoms with E-state index >= 15 is 0 Å². The largest absolute Gasteiger partial charge is 0.418 e. The summed E-state index contributed by atoms with van der Waals surface area (Å²) >= 11 is 0. The summed E-state index contributed by atoms with van der Waals surface area (Å²) < 4.78 is 38.0. The van der Waals surface area contributed by atoms with E-state index in [-0.39, 0.29) is 12.2 Å². The maximum Gasteiger partial charge on any atom is 0.418 e. The van der Waals surface area contributed by atoms with Crippen molar-refractivity contribution >= 4 is 5.69 Å². The van der Waals surface area contributed by atoms with E-state index in [0.29, 0.717) is 12.3 Å². The maximum atomic E-state index is 12.7. The Labute approximate surface area is 105 Å². The standard InChI is InChI=1S/C13H18F3NO/c1-9(2)7-10(18)8-17-12-6-4-3-5-11(12)13(14,15)16/h3-6,9-10,17-18H,7-8H2,1-2H3. The zero-order valence-corrected chi connectivity index (χ0v) is 10.5. The predicted octanol–water partition coefficient (Wildman–Crippen LogP) is 3.52. The molecule has 1 rings (SSSR count). The van der Waals surface area contributed by atoms with E-state index in [4.69, 9.17) is 0 Å². The first-order chi connectivity index (χ1) is 8.30. The number of benzene rings is 1. The van der Waals surface area contributed by atoms with Crippen molar-refractivity contribution in [3.05, 3.63) is 29.8 Å². The Bertz CT molecular complexity index is 377. The highest BCUT2D eigenvalue weighted by molar-refractivity contribution is 5.52. The van der Waals surface area contributed by atoms with Crippen molar-refractivity contribution in [3.8, 4) is 0 Å². The highest BCUT2D eigenvalue weighted by Gasteiger charge is 2.33. The van der Waals surface area contributed by atoms with E-state index in [1.165, 1.54) is 18.2 Å². The smallest absolute Gasteiger partial charge is 0.391 e. The lowest BCUT2D eigenvalue weighted by molar-refractivity contribution is -0.137. The monoisotopic (exact) mass is 261 g/mol. The topological polar surface area (TPSA) is 32.3 Å². The van der Waals surface area contributed by atoms with Crippen molar-refractivity contribution in [1.29, 1.82) is 0 Å². The molecule has 1 atom stereocenters. The van der Waals surface area contributed by atoms with Crippen LogP contribution in [0.4, 0.5) is 18.9 Å². The number of aliphatic hydroxyl groups is 1. The summed E-state index contributed by atoms with van der Waals surface area (Å²) in [5.74, 6) is 0.305. The third-order valence-corrected chi connectivity index (χ3v) is 2.50. The van der Waals surface area contributed by atoms with Crippen LogP contribution in [-0.2, 0) is 6.18 Å². The number of para-hydroxylation sites is 1. The van der Waals surface area contributed by atoms with Gasteiger partial charge in [-0.15, -0.1) is 0 Å². The molecule has 0 aromatic heterocycles. The number of hydrogen-bond donors (Lipinski definition) is 2. The first-order valence-corrected chi connectivity index (χ1v) is 5.89. The average Bonchev–Trinajstić information content (AvgIpc) is 2.24. The molecule has 1 aromatic rings. The summed E-state index contributed by atoms with van der Waals surface area (Å²) in [5, 5.41) is 12.3. The molecule has 2 N–H and O–H groups in total. The molecule has 0 bridgehead atoms. The maximum absolute atomic E-state index is 12.7. The molecule has 0 spiro atoms. The minimum Gasteiger partial charge on any atom is -0.391 e. The molecular formula is C13H18F3NO. The van der Waals surface area contributed by atoms with Crippen molar-refractivity contribution < 1.29 is 18.3 Å². The lowest BCUT2D eigenvalue weighted by atomic mass is 10.1. The molecule has 0 amide bonds. The summed E-state index contributed by atoms with van der Waals surface area (Å²) in [6.45, 7) is 4.02. The van der Waals surface area contributed by atoms with Crippen LogP contribution in [0.1, 0.15) is 25.8 Å². The molecule has 0 saturated carbocycles. The van der Waals surface area contributed by atoms with Crippen LogP contribution in [0.5, 0.6) is 0 Å². The van der Waals surface area contributed by atoms with Crippen LogP contribution in [0.3, 0.4) is 0 Å². The number of rotatable bonds is 5. The van der Waals surface area contributed by atoms with E-state index in [1.807, 2.05) is 13.8 Å². The van der Waals surface area contributed by atoms with Crippen molar-refractivity contribution in [1.82, 2.24) is 0 Å². The van der Waals surface area contributed by atoms with Crippen molar-refractivity contribution in [2.24, 2.45) is 5.92 Å². The van der Waals surface area contributed by atoms with Crippen LogP contribution in [0, 0.1) is 5.92 Å². The van der Waals surface area contributed by atoms with Gasteiger partial charge in [-0.2, -0.15) is 13.2 Å². The van der Waals surface area contributed by atoms with E-state index < -0.39 is 17.8 Å². The summed E-state index contributed by atoms with van der Waals surface area (Å²) in [6, 6.07) is 5.27. The second-order valence-corrected chi connectivity index (χ2v) is 4.71. The van der Waals surface area contributed by atoms with Gasteiger partial charge in [-0.3, -0.25) is 0 Å². The Morgan fingerprint density at radius 2 is 1.83 bits per heavy atom. The molecule has 1 aromatic carbocycles. The van der Waals surface area contributed by atoms with Crippen molar-refractivity contribution in [2.45, 2.75) is 32.5 Å². The Balaban J connectivity index is 2.68. The van der Waals surface area contributed by atoms with Gasteiger partial charge < -0.3 is 10.4 Å². The van der Waals surface area contributed by atoms with Crippen molar-refractivity contribution in [2.75, 3.05) is 11.9 Å². The molecule has 0 aliphatic heterocycles. The third kappa shape index (κ3) is 4.56. The normalized spacial score (nSPS) is 13.7. The Hall–Kier alpha value is -1.23. The minimum absolute atomic E-state index is 0.00723. The summed E-state index contributed by atoms with van der Waals surface area (Å²) in [4.78, 5) is 0. The fourth-order valence-electron chi connectivity index (χ4n) is 1.74. The number of alkyl halides is 3. The van der Waals surface area contributed by atoms with Gasteiger partial charge >= 0.3 is 6.18 Å². The highest BCUT2D eigenvalue weighted by Crippen LogP contribution is 2.34. The number of nitrogens with one attached hydrogen (secondary N) is 1. The minimum atomic E-state index is -4.38. The molecule has 5 heteroatoms. The van der Waals surface area contributed by atoms with Crippen LogP contribution in [0.25, 0.3) is 0 Å². The summed E-state index contributed by atoms with van der Waals surface area (Å²) in [5.41, 5.74) is -0.699. The van der Waals surface area contributed by atoms with Crippen LogP contribution < -0.4 is 5.32 Å². The van der Waals surface area contributed by atoms with Gasteiger partial charge in [0.2, 0.25) is 0 Å². The first-order valence-electron chi connectivity index (χ1n) is 5.89. The Kier molecular flexibility index (Phi) is 5.02. The van der Waals surface area contributed by atoms with E-state index in [2.05, 4.69) is 5.32 Å². The van der Waals surface area contributed by atoms with E-state index in [9.17, 15) is 18.3 Å². The van der Waals surface area contributed by atoms with Gasteiger partial charge in [-0.1, -0.05) is 26.0 Å². The molecule has 2 nitrogen and oxygen atoms in total. The summed E-state index contributed by atoms with van der Waals surface area (Å²) in [7, 11) is 0. The number of hydrogen-bond acceptors (Lipinski definition) is 2. The fraction of sp³-hybridized carbons (Fsp3) is 0.538. The predicted molar refractivity (Wildman–Crippen MR) is 65.4 cm³/mol. The SMILES string of the molecule is CC(C)CC(O)CNc1ccccc1C(F)(F)F. The molecule has 1 unspecified atom stereocenters. The second-order valence-electron chi connectivity index (χ2n) is 4.71. The first kappa shape index (κ1) is 14.8. The van der Waals surface area contributed by atoms with E-state index in [1.54, 1.807) is 0 Å². The van der Waals surface area contributed by atoms with E-state index in [0.717, 1.165) is 6.07 Å². The fourth-order valence-corrected chi connectivity index (χ4v) is 1.74. The van der Waals surface area contributed by atoms with Gasteiger partial charge in [0, 0.05) is 12.2 Å². The van der Waals surface area contributed by atoms with Crippen LogP contribution in [0.2, 0.25) is 0 Å². The van der Waals surface area contributed by atoms with Crippen LogP contribution in [0.15, 0.2) is 24.3 Å². The van der Waals surface area contributed by atoms with Gasteiger partial charge in [0.05, 0.1) is 11.7 Å². The van der Waals surface area contributed by atoms with Gasteiger partial charge in [-0.25, -0.2) is 0 Å². The number of aliphatic hydroxyl groups excluding tert-OH is 1. The van der Waals surface area contributed by atoms with Crippen LogP contribution in [-0.4, -0.2) is 17.8 Å².